The number of imide groups is 1. The van der Waals surface area contributed by atoms with Gasteiger partial charge in [0.25, 0.3) is 0 Å². The van der Waals surface area contributed by atoms with Gasteiger partial charge in [0, 0.05) is 11.8 Å². The lowest BCUT2D eigenvalue weighted by Gasteiger charge is -2.44. The van der Waals surface area contributed by atoms with Gasteiger partial charge in [-0.3, -0.25) is 14.5 Å². The van der Waals surface area contributed by atoms with Crippen molar-refractivity contribution >= 4 is 17.5 Å². The number of phenols is 1. The van der Waals surface area contributed by atoms with Crippen LogP contribution in [0, 0.1) is 23.7 Å². The molecule has 2 aliphatic heterocycles. The van der Waals surface area contributed by atoms with Gasteiger partial charge in [0.2, 0.25) is 11.8 Å². The van der Waals surface area contributed by atoms with Crippen LogP contribution >= 0.6 is 0 Å². The number of hydrogen-bond acceptors (Lipinski definition) is 5. The van der Waals surface area contributed by atoms with Crippen molar-refractivity contribution in [3.8, 4) is 5.75 Å². The first kappa shape index (κ1) is 27.4. The third-order valence-electron chi connectivity index (χ3n) is 8.10. The van der Waals surface area contributed by atoms with Crippen molar-refractivity contribution < 1.29 is 50.9 Å². The molecule has 2 amide bonds. The summed E-state index contributed by atoms with van der Waals surface area (Å²) < 4.78 is 87.0. The molecule has 210 valence electrons. The molecule has 3 aliphatic rings. The van der Waals surface area contributed by atoms with Gasteiger partial charge < -0.3 is 14.9 Å². The number of carbonyl (C=O) groups is 2. The lowest BCUT2D eigenvalue weighted by Crippen LogP contribution is -2.53. The first-order valence-electron chi connectivity index (χ1n) is 12.5. The van der Waals surface area contributed by atoms with Crippen molar-refractivity contribution in [1.82, 2.24) is 0 Å². The standard InChI is InChI=1S/C27H25F6NO5/c1-2-3-14-11-19-22(20-12-21(39-25(14,20)38)13-4-6-18(35)7-5-13)24(37)34(23(19)36)17-9-15(26(28,29)30)8-16(10-17)27(31,32)33/h4-10,14,19-22,35,38H,2-3,11-12H2,1H3/t14-,19-,20-,21-,22-,25+/m0/s1. The van der Waals surface area contributed by atoms with Crippen molar-refractivity contribution in [2.75, 3.05) is 4.90 Å². The van der Waals surface area contributed by atoms with Gasteiger partial charge in [0.1, 0.15) is 5.75 Å². The number of ether oxygens (including phenoxy) is 1. The highest BCUT2D eigenvalue weighted by Gasteiger charge is 2.66. The topological polar surface area (TPSA) is 87.1 Å². The van der Waals surface area contributed by atoms with E-state index in [1.54, 1.807) is 12.1 Å². The first-order valence-corrected chi connectivity index (χ1v) is 12.5. The summed E-state index contributed by atoms with van der Waals surface area (Å²) in [6.45, 7) is 1.85. The van der Waals surface area contributed by atoms with E-state index in [1.807, 2.05) is 6.92 Å². The molecule has 2 saturated heterocycles. The minimum Gasteiger partial charge on any atom is -0.508 e. The van der Waals surface area contributed by atoms with Crippen LogP contribution < -0.4 is 4.90 Å². The third kappa shape index (κ3) is 4.57. The number of fused-ring (bicyclic) bond motifs is 3. The van der Waals surface area contributed by atoms with E-state index in [9.17, 15) is 46.1 Å². The third-order valence-corrected chi connectivity index (χ3v) is 8.10. The van der Waals surface area contributed by atoms with Gasteiger partial charge in [-0.25, -0.2) is 0 Å². The van der Waals surface area contributed by atoms with Crippen LogP contribution in [0.15, 0.2) is 42.5 Å². The molecule has 1 saturated carbocycles. The zero-order valence-electron chi connectivity index (χ0n) is 20.6. The van der Waals surface area contributed by atoms with Crippen molar-refractivity contribution in [2.24, 2.45) is 23.7 Å². The van der Waals surface area contributed by atoms with Crippen LogP contribution in [0.4, 0.5) is 32.0 Å². The molecule has 0 bridgehead atoms. The number of alkyl halides is 6. The Morgan fingerprint density at radius 2 is 1.54 bits per heavy atom. The Morgan fingerprint density at radius 1 is 0.949 bits per heavy atom. The fourth-order valence-corrected chi connectivity index (χ4v) is 6.38. The molecule has 5 rings (SSSR count). The Bertz CT molecular complexity index is 1260. The summed E-state index contributed by atoms with van der Waals surface area (Å²) in [4.78, 5) is 27.6. The Balaban J connectivity index is 1.56. The van der Waals surface area contributed by atoms with E-state index in [4.69, 9.17) is 4.74 Å². The molecule has 0 spiro atoms. The highest BCUT2D eigenvalue weighted by Crippen LogP contribution is 2.59. The number of aromatic hydroxyl groups is 1. The molecule has 6 atom stereocenters. The molecule has 0 aromatic heterocycles. The maximum atomic E-state index is 13.7. The van der Waals surface area contributed by atoms with Gasteiger partial charge in [0.05, 0.1) is 34.8 Å². The van der Waals surface area contributed by atoms with E-state index in [-0.39, 0.29) is 24.7 Å². The zero-order chi connectivity index (χ0) is 28.5. The Labute approximate surface area is 219 Å². The van der Waals surface area contributed by atoms with Crippen LogP contribution in [0.25, 0.3) is 0 Å². The normalized spacial score (nSPS) is 31.0. The quantitative estimate of drug-likeness (QED) is 0.366. The molecule has 39 heavy (non-hydrogen) atoms. The molecule has 0 radical (unpaired) electrons. The number of rotatable bonds is 4. The minimum absolute atomic E-state index is 0.00308. The summed E-state index contributed by atoms with van der Waals surface area (Å²) in [5, 5.41) is 21.4. The summed E-state index contributed by atoms with van der Waals surface area (Å²) in [5.41, 5.74) is -3.49. The summed E-state index contributed by atoms with van der Waals surface area (Å²) in [7, 11) is 0. The smallest absolute Gasteiger partial charge is 0.416 e. The number of benzene rings is 2. The molecule has 1 aliphatic carbocycles. The summed E-state index contributed by atoms with van der Waals surface area (Å²) in [5.74, 6) is -7.45. The molecular formula is C27H25F6NO5. The number of nitrogens with zero attached hydrogens (tertiary/aromatic N) is 1. The number of hydrogen-bond donors (Lipinski definition) is 2. The van der Waals surface area contributed by atoms with Crippen LogP contribution in [-0.4, -0.2) is 27.8 Å². The van der Waals surface area contributed by atoms with Crippen molar-refractivity contribution in [1.29, 1.82) is 0 Å². The van der Waals surface area contributed by atoms with Crippen LogP contribution in [-0.2, 0) is 26.7 Å². The van der Waals surface area contributed by atoms with Gasteiger partial charge in [0.15, 0.2) is 5.79 Å². The average Bonchev–Trinajstić information content (AvgIpc) is 3.32. The Morgan fingerprint density at radius 3 is 2.08 bits per heavy atom. The fraction of sp³-hybridized carbons (Fsp3) is 0.481. The average molecular weight is 557 g/mol. The van der Waals surface area contributed by atoms with Gasteiger partial charge in [-0.2, -0.15) is 26.3 Å². The molecule has 2 aromatic rings. The monoisotopic (exact) mass is 557 g/mol. The summed E-state index contributed by atoms with van der Waals surface area (Å²) >= 11 is 0. The molecule has 2 aromatic carbocycles. The molecular weight excluding hydrogens is 532 g/mol. The molecule has 6 nitrogen and oxygen atoms in total. The van der Waals surface area contributed by atoms with Crippen LogP contribution in [0.1, 0.15) is 55.4 Å². The van der Waals surface area contributed by atoms with Crippen LogP contribution in [0.5, 0.6) is 5.75 Å². The number of amides is 2. The lowest BCUT2D eigenvalue weighted by molar-refractivity contribution is -0.270. The van der Waals surface area contributed by atoms with Gasteiger partial charge in [-0.15, -0.1) is 0 Å². The first-order chi connectivity index (χ1) is 18.1. The van der Waals surface area contributed by atoms with E-state index in [1.165, 1.54) is 12.1 Å². The Kier molecular flexibility index (Phi) is 6.49. The molecule has 0 unspecified atom stereocenters. The molecule has 12 heteroatoms. The van der Waals surface area contributed by atoms with Gasteiger partial charge >= 0.3 is 12.4 Å². The van der Waals surface area contributed by atoms with E-state index in [0.29, 0.717) is 35.4 Å². The predicted molar refractivity (Wildman–Crippen MR) is 124 cm³/mol. The zero-order valence-corrected chi connectivity index (χ0v) is 20.6. The molecule has 3 fully saturated rings. The van der Waals surface area contributed by atoms with E-state index in [2.05, 4.69) is 0 Å². The summed E-state index contributed by atoms with van der Waals surface area (Å²) in [6.07, 6.45) is -9.93. The number of anilines is 1. The summed E-state index contributed by atoms with van der Waals surface area (Å²) in [6, 6.07) is 6.68. The SMILES string of the molecule is CCC[C@H]1C[C@@H]2C(=O)N(c3cc(C(F)(F)F)cc(C(F)(F)F)c3)C(=O)[C@@H]2[C@@H]2C[C@@H](c3ccc(O)cc3)O[C@]12O. The predicted octanol–water partition coefficient (Wildman–Crippen LogP) is 5.82. The highest BCUT2D eigenvalue weighted by atomic mass is 19.4. The largest absolute Gasteiger partial charge is 0.508 e. The lowest BCUT2D eigenvalue weighted by atomic mass is 9.63. The second-order valence-electron chi connectivity index (χ2n) is 10.4. The van der Waals surface area contributed by atoms with Gasteiger partial charge in [-0.1, -0.05) is 25.5 Å². The van der Waals surface area contributed by atoms with Crippen LogP contribution in [0.3, 0.4) is 0 Å². The fourth-order valence-electron chi connectivity index (χ4n) is 6.38. The number of carbonyl (C=O) groups excluding carboxylic acids is 2. The van der Waals surface area contributed by atoms with Gasteiger partial charge in [-0.05, 0) is 55.2 Å². The van der Waals surface area contributed by atoms with E-state index >= 15 is 0 Å². The van der Waals surface area contributed by atoms with Crippen molar-refractivity contribution in [2.45, 2.75) is 56.9 Å². The molecule has 2 N–H and O–H groups in total. The van der Waals surface area contributed by atoms with E-state index in [0.717, 1.165) is 0 Å². The second kappa shape index (κ2) is 9.22. The number of aliphatic hydroxyl groups is 1. The van der Waals surface area contributed by atoms with E-state index < -0.39 is 76.5 Å². The number of phenolic OH excluding ortho intramolecular Hbond substituents is 1. The Hall–Kier alpha value is -3.12. The van der Waals surface area contributed by atoms with Crippen LogP contribution in [0.2, 0.25) is 0 Å². The van der Waals surface area contributed by atoms with Crippen molar-refractivity contribution in [3.63, 3.8) is 0 Å². The van der Waals surface area contributed by atoms with Crippen molar-refractivity contribution in [3.05, 3.63) is 59.2 Å². The maximum absolute atomic E-state index is 13.7. The molecule has 2 heterocycles. The second-order valence-corrected chi connectivity index (χ2v) is 10.4. The maximum Gasteiger partial charge on any atom is 0.416 e. The minimum atomic E-state index is -5.16. The number of halogens is 6. The highest BCUT2D eigenvalue weighted by molar-refractivity contribution is 6.22.